The average Bonchev–Trinajstić information content (AvgIpc) is 3.92. The van der Waals surface area contributed by atoms with Crippen molar-refractivity contribution >= 4 is 62.9 Å². The number of aryl methyl sites for hydroxylation is 1. The number of nitrogens with one attached hydrogen (secondary N) is 3. The van der Waals surface area contributed by atoms with Crippen molar-refractivity contribution in [2.45, 2.75) is 71.7 Å². The highest BCUT2D eigenvalue weighted by atomic mass is 32.1. The Labute approximate surface area is 410 Å². The summed E-state index contributed by atoms with van der Waals surface area (Å²) in [5.74, 6) is -0.0279. The molecule has 364 valence electrons. The van der Waals surface area contributed by atoms with Crippen LogP contribution in [0.2, 0.25) is 0 Å². The van der Waals surface area contributed by atoms with Crippen LogP contribution in [0.1, 0.15) is 51.3 Å². The first kappa shape index (κ1) is 48.1. The molecule has 2 aliphatic heterocycles. The number of β-amino-alcohol motifs (C(OH)–C–C–N with tert-alkyl or cyclic N) is 1. The Kier molecular flexibility index (Phi) is 13.6. The van der Waals surface area contributed by atoms with E-state index in [0.717, 1.165) is 32.8 Å². The van der Waals surface area contributed by atoms with Crippen LogP contribution in [0.4, 0.5) is 21.5 Å². The van der Waals surface area contributed by atoms with Crippen molar-refractivity contribution in [2.24, 2.45) is 10.8 Å². The summed E-state index contributed by atoms with van der Waals surface area (Å²) in [6.45, 7) is 10.8. The Morgan fingerprint density at radius 3 is 2.13 bits per heavy atom. The van der Waals surface area contributed by atoms with Gasteiger partial charge >= 0.3 is 0 Å². The standard InChI is InChI=1S/C53H57FN8O7S/c1-32-46(70-31-57-32)34-8-6-33(7-9-34)29-56-48(64)43-26-38(63)30-62(43)49(65)47(52(2,3)4)61-24-22-60(23-25-61)42-28-41-40(27-45(42)68-5)44(18-21-55-41)69-39-16-14-37(15-17-39)59-51(67)53(19-20-53)50(66)58-36-12-10-35(54)11-13-36/h6-18,21,27-28,31,38,43,47,63H,19-20,22-26,29-30H2,1-5H3,(H,56,64)(H,58,66)(H,59,67)/t38-,43+,47-/m1/s1. The van der Waals surface area contributed by atoms with Crippen LogP contribution in [0.25, 0.3) is 21.3 Å². The number of halogens is 1. The number of aliphatic hydroxyl groups excluding tert-OH is 1. The smallest absolute Gasteiger partial charge is 0.243 e. The number of piperazine rings is 1. The number of aliphatic hydroxyl groups is 1. The molecular weight excluding hydrogens is 912 g/mol. The van der Waals surface area contributed by atoms with Crippen LogP contribution in [0, 0.1) is 23.6 Å². The number of thiazole rings is 1. The molecule has 0 radical (unpaired) electrons. The molecule has 2 aromatic heterocycles. The van der Waals surface area contributed by atoms with Gasteiger partial charge in [-0.2, -0.15) is 0 Å². The number of amides is 4. The number of anilines is 3. The fraction of sp³-hybridized carbons (Fsp3) is 0.358. The number of benzene rings is 4. The zero-order chi connectivity index (χ0) is 49.3. The lowest BCUT2D eigenvalue weighted by molar-refractivity contribution is -0.146. The normalized spacial score (nSPS) is 18.3. The number of carbonyl (C=O) groups excluding carboxylic acids is 4. The van der Waals surface area contributed by atoms with Gasteiger partial charge in [0.25, 0.3) is 0 Å². The SMILES string of the molecule is COc1cc2c(Oc3ccc(NC(=O)C4(C(=O)Nc5ccc(F)cc5)CC4)cc3)ccnc2cc1N1CCN([C@H](C(=O)N2C[C@H](O)C[C@H]2C(=O)NCc2ccc(-c3scnc3C)cc2)C(C)(C)C)CC1. The van der Waals surface area contributed by atoms with Crippen LogP contribution in [0.3, 0.4) is 0 Å². The van der Waals surface area contributed by atoms with Gasteiger partial charge in [-0.3, -0.25) is 29.1 Å². The van der Waals surface area contributed by atoms with Crippen molar-refractivity contribution in [1.29, 1.82) is 0 Å². The number of nitrogens with zero attached hydrogens (tertiary/aromatic N) is 5. The van der Waals surface area contributed by atoms with E-state index < -0.39 is 46.6 Å². The fourth-order valence-corrected chi connectivity index (χ4v) is 10.3. The lowest BCUT2D eigenvalue weighted by Gasteiger charge is -2.45. The van der Waals surface area contributed by atoms with E-state index in [1.807, 2.05) is 69.6 Å². The van der Waals surface area contributed by atoms with Gasteiger partial charge in [0, 0.05) is 68.6 Å². The van der Waals surface area contributed by atoms with Crippen LogP contribution in [0.5, 0.6) is 17.2 Å². The molecule has 4 amide bonds. The van der Waals surface area contributed by atoms with Gasteiger partial charge in [-0.05, 0) is 103 Å². The van der Waals surface area contributed by atoms with Gasteiger partial charge in [0.1, 0.15) is 34.5 Å². The number of hydrogen-bond donors (Lipinski definition) is 4. The summed E-state index contributed by atoms with van der Waals surface area (Å²) in [6, 6.07) is 24.6. The highest BCUT2D eigenvalue weighted by molar-refractivity contribution is 7.13. The number of methoxy groups -OCH3 is 1. The topological polar surface area (TPSA) is 179 Å². The Balaban J connectivity index is 0.825. The molecule has 0 bridgehead atoms. The fourth-order valence-electron chi connectivity index (χ4n) is 9.50. The molecule has 1 aliphatic carbocycles. The summed E-state index contributed by atoms with van der Waals surface area (Å²) in [6.07, 6.45) is 1.86. The molecule has 3 fully saturated rings. The molecule has 15 nitrogen and oxygen atoms in total. The summed E-state index contributed by atoms with van der Waals surface area (Å²) >= 11 is 1.59. The van der Waals surface area contributed by atoms with Crippen LogP contribution < -0.4 is 30.3 Å². The molecule has 3 aliphatic rings. The van der Waals surface area contributed by atoms with E-state index in [0.29, 0.717) is 79.7 Å². The van der Waals surface area contributed by atoms with Crippen LogP contribution in [-0.2, 0) is 25.7 Å². The number of hydrogen-bond acceptors (Lipinski definition) is 12. The number of fused-ring (bicyclic) bond motifs is 1. The summed E-state index contributed by atoms with van der Waals surface area (Å²) in [4.78, 5) is 70.8. The Hall–Kier alpha value is -6.95. The zero-order valence-corrected chi connectivity index (χ0v) is 40.6. The number of rotatable bonds is 14. The molecule has 3 atom stereocenters. The van der Waals surface area contributed by atoms with E-state index in [4.69, 9.17) is 9.47 Å². The zero-order valence-electron chi connectivity index (χ0n) is 39.8. The minimum Gasteiger partial charge on any atom is -0.495 e. The van der Waals surface area contributed by atoms with Crippen molar-refractivity contribution in [3.63, 3.8) is 0 Å². The maximum atomic E-state index is 14.6. The minimum absolute atomic E-state index is 0.0900. The van der Waals surface area contributed by atoms with E-state index in [9.17, 15) is 28.7 Å². The first-order chi connectivity index (χ1) is 33.6. The lowest BCUT2D eigenvalue weighted by Crippen LogP contribution is -2.61. The maximum absolute atomic E-state index is 14.6. The predicted octanol–water partition coefficient (Wildman–Crippen LogP) is 7.78. The Bertz CT molecular complexity index is 2890. The van der Waals surface area contributed by atoms with Crippen LogP contribution >= 0.6 is 11.3 Å². The lowest BCUT2D eigenvalue weighted by atomic mass is 9.84. The van der Waals surface area contributed by atoms with Crippen molar-refractivity contribution in [2.75, 3.05) is 55.4 Å². The molecule has 9 rings (SSSR count). The summed E-state index contributed by atoms with van der Waals surface area (Å²) in [7, 11) is 1.62. The molecule has 4 aromatic carbocycles. The second kappa shape index (κ2) is 19.8. The molecule has 0 unspecified atom stereocenters. The van der Waals surface area contributed by atoms with Gasteiger partial charge in [-0.15, -0.1) is 11.3 Å². The molecule has 2 saturated heterocycles. The number of ether oxygens (including phenoxy) is 2. The first-order valence-electron chi connectivity index (χ1n) is 23.5. The van der Waals surface area contributed by atoms with Crippen molar-refractivity contribution in [3.8, 4) is 27.7 Å². The van der Waals surface area contributed by atoms with E-state index in [2.05, 4.69) is 35.7 Å². The summed E-state index contributed by atoms with van der Waals surface area (Å²) < 4.78 is 25.7. The van der Waals surface area contributed by atoms with Gasteiger partial charge < -0.3 is 40.3 Å². The van der Waals surface area contributed by atoms with Gasteiger partial charge in [0.05, 0.1) is 46.5 Å². The third-order valence-electron chi connectivity index (χ3n) is 13.4. The van der Waals surface area contributed by atoms with Crippen molar-refractivity contribution < 1.29 is 38.1 Å². The highest BCUT2D eigenvalue weighted by Gasteiger charge is 2.56. The molecule has 17 heteroatoms. The van der Waals surface area contributed by atoms with Crippen molar-refractivity contribution in [1.82, 2.24) is 25.1 Å². The van der Waals surface area contributed by atoms with E-state index in [1.165, 1.54) is 24.3 Å². The average molecular weight is 969 g/mol. The first-order valence-corrected chi connectivity index (χ1v) is 24.4. The number of likely N-dealkylation sites (tertiary alicyclic amines) is 1. The number of carbonyl (C=O) groups is 4. The molecule has 4 N–H and O–H groups in total. The third-order valence-corrected chi connectivity index (χ3v) is 14.4. The van der Waals surface area contributed by atoms with E-state index in [1.54, 1.807) is 59.9 Å². The quantitative estimate of drug-likeness (QED) is 0.0784. The minimum atomic E-state index is -1.19. The monoisotopic (exact) mass is 968 g/mol. The summed E-state index contributed by atoms with van der Waals surface area (Å²) in [5, 5.41) is 20.2. The van der Waals surface area contributed by atoms with Crippen LogP contribution in [-0.4, -0.2) is 107 Å². The molecule has 0 spiro atoms. The molecule has 6 aromatic rings. The van der Waals surface area contributed by atoms with Gasteiger partial charge in [0.15, 0.2) is 0 Å². The second-order valence-electron chi connectivity index (χ2n) is 19.3. The predicted molar refractivity (Wildman–Crippen MR) is 267 cm³/mol. The third kappa shape index (κ3) is 10.2. The van der Waals surface area contributed by atoms with Gasteiger partial charge in [0.2, 0.25) is 23.6 Å². The largest absolute Gasteiger partial charge is 0.495 e. The molecule has 4 heterocycles. The molecule has 1 saturated carbocycles. The van der Waals surface area contributed by atoms with E-state index in [-0.39, 0.29) is 24.8 Å². The number of pyridine rings is 1. The molecule has 70 heavy (non-hydrogen) atoms. The van der Waals surface area contributed by atoms with Gasteiger partial charge in [-0.25, -0.2) is 9.37 Å². The van der Waals surface area contributed by atoms with Gasteiger partial charge in [-0.1, -0.05) is 45.0 Å². The van der Waals surface area contributed by atoms with Crippen LogP contribution in [0.15, 0.2) is 103 Å². The highest BCUT2D eigenvalue weighted by Crippen LogP contribution is 2.48. The Morgan fingerprint density at radius 2 is 1.53 bits per heavy atom. The van der Waals surface area contributed by atoms with E-state index >= 15 is 0 Å². The maximum Gasteiger partial charge on any atom is 0.243 e. The second-order valence-corrected chi connectivity index (χ2v) is 20.2. The van der Waals surface area contributed by atoms with Crippen molar-refractivity contribution in [3.05, 3.63) is 120 Å². The molecular formula is C53H57FN8O7S. The number of aromatic nitrogens is 2. The Morgan fingerprint density at radius 1 is 0.871 bits per heavy atom. The summed E-state index contributed by atoms with van der Waals surface area (Å²) in [5.41, 5.74) is 5.59.